The van der Waals surface area contributed by atoms with Gasteiger partial charge in [0.05, 0.1) is 12.8 Å². The number of aryl methyl sites for hydroxylation is 1. The number of rotatable bonds is 6. The number of carbonyl (C=O) groups is 1. The minimum atomic E-state index is -0.128. The van der Waals surface area contributed by atoms with Gasteiger partial charge < -0.3 is 9.64 Å². The van der Waals surface area contributed by atoms with E-state index in [0.29, 0.717) is 25.4 Å². The molecule has 0 bridgehead atoms. The lowest BCUT2D eigenvalue weighted by atomic mass is 10.3. The predicted molar refractivity (Wildman–Crippen MR) is 71.9 cm³/mol. The molecule has 2 aromatic rings. The highest BCUT2D eigenvalue weighted by atomic mass is 32.1. The highest BCUT2D eigenvalue weighted by Crippen LogP contribution is 2.11. The van der Waals surface area contributed by atoms with Gasteiger partial charge in [-0.1, -0.05) is 5.21 Å². The van der Waals surface area contributed by atoms with Crippen LogP contribution in [0.3, 0.4) is 0 Å². The largest absolute Gasteiger partial charge is 0.383 e. The normalized spacial score (nSPS) is 10.6. The van der Waals surface area contributed by atoms with E-state index in [9.17, 15) is 4.79 Å². The molecule has 0 aliphatic rings. The molecule has 0 unspecified atom stereocenters. The summed E-state index contributed by atoms with van der Waals surface area (Å²) in [7, 11) is 3.36. The Hall–Kier alpha value is -1.73. The van der Waals surface area contributed by atoms with Crippen LogP contribution in [0.1, 0.15) is 16.1 Å². The third-order valence-electron chi connectivity index (χ3n) is 2.63. The van der Waals surface area contributed by atoms with Crippen molar-refractivity contribution in [1.29, 1.82) is 0 Å². The van der Waals surface area contributed by atoms with E-state index < -0.39 is 0 Å². The molecule has 0 aliphatic carbocycles. The van der Waals surface area contributed by atoms with E-state index >= 15 is 0 Å². The monoisotopic (exact) mass is 280 g/mol. The number of nitrogens with zero attached hydrogens (tertiary/aromatic N) is 4. The number of amides is 1. The Morgan fingerprint density at radius 2 is 2.42 bits per heavy atom. The molecule has 102 valence electrons. The second kappa shape index (κ2) is 6.44. The molecular weight excluding hydrogens is 264 g/mol. The summed E-state index contributed by atoms with van der Waals surface area (Å²) in [6, 6.07) is 2.01. The smallest absolute Gasteiger partial charge is 0.276 e. The SMILES string of the molecule is COCCN(Cc1ccsc1)C(=O)c1cn(C)nn1. The van der Waals surface area contributed by atoms with Crippen LogP contribution in [0, 0.1) is 0 Å². The molecule has 0 spiro atoms. The van der Waals surface area contributed by atoms with Gasteiger partial charge in [0, 0.05) is 27.2 Å². The summed E-state index contributed by atoms with van der Waals surface area (Å²) >= 11 is 1.62. The first kappa shape index (κ1) is 13.7. The number of aromatic nitrogens is 3. The minimum Gasteiger partial charge on any atom is -0.383 e. The van der Waals surface area contributed by atoms with Gasteiger partial charge in [-0.25, -0.2) is 0 Å². The van der Waals surface area contributed by atoms with Gasteiger partial charge in [-0.3, -0.25) is 9.48 Å². The van der Waals surface area contributed by atoms with Gasteiger partial charge in [0.15, 0.2) is 5.69 Å². The Morgan fingerprint density at radius 3 is 3.00 bits per heavy atom. The maximum atomic E-state index is 12.3. The molecule has 0 radical (unpaired) electrons. The number of hydrogen-bond donors (Lipinski definition) is 0. The summed E-state index contributed by atoms with van der Waals surface area (Å²) < 4.78 is 6.57. The molecule has 0 aromatic carbocycles. The maximum Gasteiger partial charge on any atom is 0.276 e. The van der Waals surface area contributed by atoms with Crippen LogP contribution in [0.15, 0.2) is 23.0 Å². The van der Waals surface area contributed by atoms with E-state index in [2.05, 4.69) is 10.3 Å². The van der Waals surface area contributed by atoms with Crippen molar-refractivity contribution in [3.05, 3.63) is 34.3 Å². The maximum absolute atomic E-state index is 12.3. The van der Waals surface area contributed by atoms with Gasteiger partial charge in [-0.05, 0) is 22.4 Å². The van der Waals surface area contributed by atoms with E-state index in [-0.39, 0.29) is 5.91 Å². The van der Waals surface area contributed by atoms with E-state index in [1.807, 2.05) is 16.8 Å². The number of thiophene rings is 1. The third kappa shape index (κ3) is 3.62. The number of ether oxygens (including phenoxy) is 1. The number of hydrogen-bond acceptors (Lipinski definition) is 5. The number of methoxy groups -OCH3 is 1. The van der Waals surface area contributed by atoms with Crippen LogP contribution < -0.4 is 0 Å². The Balaban J connectivity index is 2.10. The number of carbonyl (C=O) groups excluding carboxylic acids is 1. The zero-order chi connectivity index (χ0) is 13.7. The second-order valence-corrected chi connectivity index (χ2v) is 4.91. The molecule has 0 fully saturated rings. The molecule has 7 heteroatoms. The fourth-order valence-corrected chi connectivity index (χ4v) is 2.32. The van der Waals surface area contributed by atoms with Crippen LogP contribution in [0.2, 0.25) is 0 Å². The van der Waals surface area contributed by atoms with Gasteiger partial charge in [0.1, 0.15) is 0 Å². The van der Waals surface area contributed by atoms with Crippen LogP contribution in [0.25, 0.3) is 0 Å². The van der Waals surface area contributed by atoms with Gasteiger partial charge in [-0.15, -0.1) is 5.10 Å². The predicted octanol–water partition coefficient (Wildman–Crippen LogP) is 1.17. The second-order valence-electron chi connectivity index (χ2n) is 4.13. The Labute approximate surface area is 115 Å². The van der Waals surface area contributed by atoms with Crippen LogP contribution in [0.4, 0.5) is 0 Å². The summed E-state index contributed by atoms with van der Waals surface area (Å²) in [6.07, 6.45) is 1.62. The average molecular weight is 280 g/mol. The van der Waals surface area contributed by atoms with Crippen molar-refractivity contribution in [3.63, 3.8) is 0 Å². The first-order chi connectivity index (χ1) is 9.20. The summed E-state index contributed by atoms with van der Waals surface area (Å²) in [6.45, 7) is 1.58. The summed E-state index contributed by atoms with van der Waals surface area (Å²) in [5.41, 5.74) is 1.46. The van der Waals surface area contributed by atoms with E-state index in [1.54, 1.807) is 36.6 Å². The highest BCUT2D eigenvalue weighted by Gasteiger charge is 2.19. The molecule has 1 amide bonds. The van der Waals surface area contributed by atoms with E-state index in [4.69, 9.17) is 4.74 Å². The molecule has 2 aromatic heterocycles. The standard InChI is InChI=1S/C12H16N4O2S/c1-15-8-11(13-14-15)12(17)16(4-5-18-2)7-10-3-6-19-9-10/h3,6,8-9H,4-5,7H2,1-2H3. The minimum absolute atomic E-state index is 0.128. The van der Waals surface area contributed by atoms with Gasteiger partial charge in [0.25, 0.3) is 5.91 Å². The molecule has 0 saturated carbocycles. The molecular formula is C12H16N4O2S. The molecule has 6 nitrogen and oxygen atoms in total. The summed E-state index contributed by atoms with van der Waals surface area (Å²) in [5, 5.41) is 11.7. The average Bonchev–Trinajstić information content (AvgIpc) is 3.05. The van der Waals surface area contributed by atoms with Crippen molar-refractivity contribution in [1.82, 2.24) is 19.9 Å². The first-order valence-corrected chi connectivity index (χ1v) is 6.80. The topological polar surface area (TPSA) is 60.2 Å². The fourth-order valence-electron chi connectivity index (χ4n) is 1.66. The van der Waals surface area contributed by atoms with Crippen molar-refractivity contribution < 1.29 is 9.53 Å². The highest BCUT2D eigenvalue weighted by molar-refractivity contribution is 7.07. The zero-order valence-electron chi connectivity index (χ0n) is 10.9. The van der Waals surface area contributed by atoms with Gasteiger partial charge in [-0.2, -0.15) is 11.3 Å². The van der Waals surface area contributed by atoms with Crippen LogP contribution in [-0.4, -0.2) is 46.1 Å². The van der Waals surface area contributed by atoms with Crippen LogP contribution >= 0.6 is 11.3 Å². The Bertz CT molecular complexity index is 524. The molecule has 0 N–H and O–H groups in total. The third-order valence-corrected chi connectivity index (χ3v) is 3.36. The molecule has 0 aliphatic heterocycles. The zero-order valence-corrected chi connectivity index (χ0v) is 11.8. The van der Waals surface area contributed by atoms with Crippen molar-refractivity contribution in [3.8, 4) is 0 Å². The van der Waals surface area contributed by atoms with E-state index in [1.165, 1.54) is 4.68 Å². The summed E-state index contributed by atoms with van der Waals surface area (Å²) in [5.74, 6) is -0.128. The van der Waals surface area contributed by atoms with Crippen LogP contribution in [-0.2, 0) is 18.3 Å². The molecule has 2 heterocycles. The van der Waals surface area contributed by atoms with Gasteiger partial charge in [0.2, 0.25) is 0 Å². The van der Waals surface area contributed by atoms with Crippen molar-refractivity contribution in [2.24, 2.45) is 7.05 Å². The Morgan fingerprint density at radius 1 is 1.58 bits per heavy atom. The van der Waals surface area contributed by atoms with Crippen molar-refractivity contribution in [2.75, 3.05) is 20.3 Å². The fraction of sp³-hybridized carbons (Fsp3) is 0.417. The molecule has 2 rings (SSSR count). The van der Waals surface area contributed by atoms with Gasteiger partial charge >= 0.3 is 0 Å². The lowest BCUT2D eigenvalue weighted by Gasteiger charge is -2.20. The van der Waals surface area contributed by atoms with Crippen molar-refractivity contribution in [2.45, 2.75) is 6.54 Å². The Kier molecular flexibility index (Phi) is 4.64. The quantitative estimate of drug-likeness (QED) is 0.797. The summed E-state index contributed by atoms with van der Waals surface area (Å²) in [4.78, 5) is 14.1. The van der Waals surface area contributed by atoms with Crippen LogP contribution in [0.5, 0.6) is 0 Å². The van der Waals surface area contributed by atoms with E-state index in [0.717, 1.165) is 5.56 Å². The molecule has 19 heavy (non-hydrogen) atoms. The lowest BCUT2D eigenvalue weighted by Crippen LogP contribution is -2.33. The molecule has 0 saturated heterocycles. The van der Waals surface area contributed by atoms with Crippen molar-refractivity contribution >= 4 is 17.2 Å². The first-order valence-electron chi connectivity index (χ1n) is 5.86. The molecule has 0 atom stereocenters. The lowest BCUT2D eigenvalue weighted by molar-refractivity contribution is 0.0674.